The Kier molecular flexibility index (Phi) is 5.15. The van der Waals surface area contributed by atoms with Crippen molar-refractivity contribution in [3.05, 3.63) is 22.7 Å². The lowest BCUT2D eigenvalue weighted by atomic mass is 10.0. The van der Waals surface area contributed by atoms with Gasteiger partial charge < -0.3 is 10.8 Å². The molecule has 3 N–H and O–H groups in total. The second-order valence-electron chi connectivity index (χ2n) is 3.90. The largest absolute Gasteiger partial charge is 0.398 e. The van der Waals surface area contributed by atoms with Gasteiger partial charge in [-0.15, -0.1) is 11.8 Å². The molecule has 0 fully saturated rings. The van der Waals surface area contributed by atoms with E-state index in [0.29, 0.717) is 5.75 Å². The van der Waals surface area contributed by atoms with Gasteiger partial charge in [0.2, 0.25) is 0 Å². The third-order valence-corrected chi connectivity index (χ3v) is 4.64. The fourth-order valence-electron chi connectivity index (χ4n) is 1.32. The first kappa shape index (κ1) is 13.9. The average molecular weight is 304 g/mol. The summed E-state index contributed by atoms with van der Waals surface area (Å²) in [6, 6.07) is 5.84. The first-order valence-electron chi connectivity index (χ1n) is 5.41. The maximum Gasteiger partial charge on any atom is 0.0736 e. The predicted molar refractivity (Wildman–Crippen MR) is 74.8 cm³/mol. The Bertz CT molecular complexity index is 353. The van der Waals surface area contributed by atoms with Crippen LogP contribution in [0.25, 0.3) is 0 Å². The van der Waals surface area contributed by atoms with Gasteiger partial charge in [-0.2, -0.15) is 0 Å². The monoisotopic (exact) mass is 303 g/mol. The highest BCUT2D eigenvalue weighted by Gasteiger charge is 2.22. The molecule has 0 atom stereocenters. The van der Waals surface area contributed by atoms with Crippen LogP contribution in [0.5, 0.6) is 0 Å². The second-order valence-corrected chi connectivity index (χ2v) is 5.84. The van der Waals surface area contributed by atoms with Gasteiger partial charge in [-0.05, 0) is 31.0 Å². The SMILES string of the molecule is CCC(O)(CC)CSc1ccc(Br)cc1N. The Morgan fingerprint density at radius 1 is 1.38 bits per heavy atom. The number of rotatable bonds is 5. The van der Waals surface area contributed by atoms with Crippen LogP contribution in [0.15, 0.2) is 27.6 Å². The van der Waals surface area contributed by atoms with Crippen LogP contribution in [0.3, 0.4) is 0 Å². The number of thioether (sulfide) groups is 1. The molecule has 0 unspecified atom stereocenters. The van der Waals surface area contributed by atoms with Gasteiger partial charge in [0, 0.05) is 20.8 Å². The Morgan fingerprint density at radius 2 is 2.00 bits per heavy atom. The molecule has 1 aromatic rings. The summed E-state index contributed by atoms with van der Waals surface area (Å²) in [5.74, 6) is 0.686. The minimum absolute atomic E-state index is 0.579. The maximum absolute atomic E-state index is 10.2. The lowest BCUT2D eigenvalue weighted by molar-refractivity contribution is 0.0572. The van der Waals surface area contributed by atoms with Crippen LogP contribution >= 0.6 is 27.7 Å². The van der Waals surface area contributed by atoms with Crippen molar-refractivity contribution in [2.75, 3.05) is 11.5 Å². The molecule has 0 heterocycles. The molecule has 0 aliphatic heterocycles. The number of hydrogen-bond donors (Lipinski definition) is 2. The minimum Gasteiger partial charge on any atom is -0.398 e. The topological polar surface area (TPSA) is 46.2 Å². The van der Waals surface area contributed by atoms with Gasteiger partial charge in [0.25, 0.3) is 0 Å². The van der Waals surface area contributed by atoms with Crippen LogP contribution in [0, 0.1) is 0 Å². The van der Waals surface area contributed by atoms with Gasteiger partial charge in [-0.25, -0.2) is 0 Å². The van der Waals surface area contributed by atoms with Crippen molar-refractivity contribution >= 4 is 33.4 Å². The molecule has 0 aliphatic carbocycles. The van der Waals surface area contributed by atoms with E-state index in [-0.39, 0.29) is 0 Å². The molecule has 16 heavy (non-hydrogen) atoms. The fourth-order valence-corrected chi connectivity index (χ4v) is 2.92. The molecule has 0 saturated carbocycles. The van der Waals surface area contributed by atoms with Crippen LogP contribution in [0.1, 0.15) is 26.7 Å². The van der Waals surface area contributed by atoms with Crippen LogP contribution in [0.4, 0.5) is 5.69 Å². The molecular formula is C12H18BrNOS. The molecule has 2 nitrogen and oxygen atoms in total. The number of benzene rings is 1. The van der Waals surface area contributed by atoms with E-state index in [9.17, 15) is 5.11 Å². The molecule has 0 aliphatic rings. The number of anilines is 1. The van der Waals surface area contributed by atoms with Crippen molar-refractivity contribution < 1.29 is 5.11 Å². The molecule has 0 amide bonds. The molecule has 0 radical (unpaired) electrons. The van der Waals surface area contributed by atoms with Crippen molar-refractivity contribution in [2.24, 2.45) is 0 Å². The molecule has 0 spiro atoms. The van der Waals surface area contributed by atoms with E-state index in [2.05, 4.69) is 15.9 Å². The Morgan fingerprint density at radius 3 is 2.50 bits per heavy atom. The highest BCUT2D eigenvalue weighted by atomic mass is 79.9. The minimum atomic E-state index is -0.579. The first-order valence-corrected chi connectivity index (χ1v) is 7.19. The van der Waals surface area contributed by atoms with Crippen LogP contribution in [-0.4, -0.2) is 16.5 Å². The van der Waals surface area contributed by atoms with Gasteiger partial charge in [0.05, 0.1) is 5.60 Å². The Labute approximate surface area is 110 Å². The molecular weight excluding hydrogens is 286 g/mol. The zero-order valence-electron chi connectivity index (χ0n) is 9.66. The smallest absolute Gasteiger partial charge is 0.0736 e. The van der Waals surface area contributed by atoms with Crippen molar-refractivity contribution in [3.63, 3.8) is 0 Å². The van der Waals surface area contributed by atoms with Crippen molar-refractivity contribution in [3.8, 4) is 0 Å². The molecule has 0 aromatic heterocycles. The molecule has 4 heteroatoms. The molecule has 90 valence electrons. The van der Waals surface area contributed by atoms with E-state index in [0.717, 1.165) is 27.9 Å². The van der Waals surface area contributed by atoms with E-state index in [4.69, 9.17) is 5.73 Å². The van der Waals surface area contributed by atoms with E-state index in [1.165, 1.54) is 0 Å². The number of nitrogens with two attached hydrogens (primary N) is 1. The second kappa shape index (κ2) is 5.94. The summed E-state index contributed by atoms with van der Waals surface area (Å²) in [4.78, 5) is 1.03. The predicted octanol–water partition coefficient (Wildman–Crippen LogP) is 3.67. The van der Waals surface area contributed by atoms with Gasteiger partial charge >= 0.3 is 0 Å². The third-order valence-electron chi connectivity index (χ3n) is 2.78. The highest BCUT2D eigenvalue weighted by Crippen LogP contribution is 2.31. The molecule has 1 aromatic carbocycles. The first-order chi connectivity index (χ1) is 7.50. The average Bonchev–Trinajstić information content (AvgIpc) is 2.27. The Balaban J connectivity index is 2.67. The highest BCUT2D eigenvalue weighted by molar-refractivity contribution is 9.10. The van der Waals surface area contributed by atoms with Gasteiger partial charge in [-0.3, -0.25) is 0 Å². The summed E-state index contributed by atoms with van der Waals surface area (Å²) in [6.07, 6.45) is 1.54. The molecule has 1 rings (SSSR count). The third kappa shape index (κ3) is 3.68. The standard InChI is InChI=1S/C12H18BrNOS/c1-3-12(15,4-2)8-16-11-6-5-9(13)7-10(11)14/h5-7,15H,3-4,8,14H2,1-2H3. The molecule has 0 saturated heterocycles. The number of nitrogen functional groups attached to an aromatic ring is 1. The summed E-state index contributed by atoms with van der Waals surface area (Å²) in [5, 5.41) is 10.2. The fraction of sp³-hybridized carbons (Fsp3) is 0.500. The summed E-state index contributed by atoms with van der Waals surface area (Å²) in [5.41, 5.74) is 6.08. The normalized spacial score (nSPS) is 11.8. The zero-order chi connectivity index (χ0) is 12.2. The van der Waals surface area contributed by atoms with E-state index in [1.807, 2.05) is 32.0 Å². The van der Waals surface area contributed by atoms with Crippen LogP contribution < -0.4 is 5.73 Å². The Hall–Kier alpha value is -0.190. The summed E-state index contributed by atoms with van der Waals surface area (Å²) < 4.78 is 0.982. The summed E-state index contributed by atoms with van der Waals surface area (Å²) in [6.45, 7) is 4.02. The summed E-state index contributed by atoms with van der Waals surface area (Å²) >= 11 is 4.99. The number of halogens is 1. The van der Waals surface area contributed by atoms with Crippen molar-refractivity contribution in [1.82, 2.24) is 0 Å². The lowest BCUT2D eigenvalue weighted by Gasteiger charge is -2.24. The number of hydrogen-bond acceptors (Lipinski definition) is 3. The van der Waals surface area contributed by atoms with Crippen LogP contribution in [-0.2, 0) is 0 Å². The van der Waals surface area contributed by atoms with Gasteiger partial charge in [0.1, 0.15) is 0 Å². The zero-order valence-corrected chi connectivity index (χ0v) is 12.1. The van der Waals surface area contributed by atoms with Crippen molar-refractivity contribution in [1.29, 1.82) is 0 Å². The quantitative estimate of drug-likeness (QED) is 0.644. The molecule has 0 bridgehead atoms. The van der Waals surface area contributed by atoms with E-state index < -0.39 is 5.60 Å². The van der Waals surface area contributed by atoms with E-state index >= 15 is 0 Å². The van der Waals surface area contributed by atoms with Crippen molar-refractivity contribution in [2.45, 2.75) is 37.2 Å². The van der Waals surface area contributed by atoms with Gasteiger partial charge in [0.15, 0.2) is 0 Å². The summed E-state index contributed by atoms with van der Waals surface area (Å²) in [7, 11) is 0. The lowest BCUT2D eigenvalue weighted by Crippen LogP contribution is -2.29. The van der Waals surface area contributed by atoms with Crippen LogP contribution in [0.2, 0.25) is 0 Å². The van der Waals surface area contributed by atoms with E-state index in [1.54, 1.807) is 11.8 Å². The van der Waals surface area contributed by atoms with Gasteiger partial charge in [-0.1, -0.05) is 29.8 Å². The number of aliphatic hydroxyl groups is 1. The maximum atomic E-state index is 10.2.